The fourth-order valence-corrected chi connectivity index (χ4v) is 3.21. The standard InChI is InChI=1S/C19H25N3O3S/c1-3-24-15-10-11-18(25-4-2)17(14-15)22-19(20)21-12-13-26(23)16-8-6-5-7-9-16/h5-11,14H,3-4,12-13H2,1-2H3,(H3,20,21,22). The third-order valence-electron chi connectivity index (χ3n) is 3.39. The van der Waals surface area contributed by atoms with E-state index in [-0.39, 0.29) is 5.96 Å². The van der Waals surface area contributed by atoms with Crippen LogP contribution in [0.25, 0.3) is 0 Å². The molecular formula is C19H25N3O3S. The maximum absolute atomic E-state index is 12.2. The summed E-state index contributed by atoms with van der Waals surface area (Å²) in [6.07, 6.45) is 0. The summed E-state index contributed by atoms with van der Waals surface area (Å²) in [6, 6.07) is 14.8. The molecule has 0 aromatic heterocycles. The molecule has 0 aliphatic carbocycles. The summed E-state index contributed by atoms with van der Waals surface area (Å²) in [5.74, 6) is 2.03. The lowest BCUT2D eigenvalue weighted by Gasteiger charge is -2.14. The Labute approximate surface area is 156 Å². The highest BCUT2D eigenvalue weighted by atomic mass is 32.2. The molecular weight excluding hydrogens is 350 g/mol. The molecule has 0 bridgehead atoms. The van der Waals surface area contributed by atoms with E-state index >= 15 is 0 Å². The molecule has 2 rings (SSSR count). The number of anilines is 1. The maximum atomic E-state index is 12.2. The Morgan fingerprint density at radius 3 is 2.54 bits per heavy atom. The topological polar surface area (TPSA) is 85.9 Å². The third kappa shape index (κ3) is 6.07. The van der Waals surface area contributed by atoms with Crippen LogP contribution in [0.1, 0.15) is 13.8 Å². The van der Waals surface area contributed by atoms with Gasteiger partial charge in [0, 0.05) is 16.7 Å². The molecule has 0 spiro atoms. The second kappa shape index (κ2) is 10.5. The number of nitrogens with one attached hydrogen (secondary N) is 1. The summed E-state index contributed by atoms with van der Waals surface area (Å²) < 4.78 is 23.3. The van der Waals surface area contributed by atoms with Crippen LogP contribution >= 0.6 is 0 Å². The summed E-state index contributed by atoms with van der Waals surface area (Å²) >= 11 is 0. The molecule has 0 saturated carbocycles. The number of nitrogens with zero attached hydrogens (tertiary/aromatic N) is 1. The molecule has 0 saturated heterocycles. The van der Waals surface area contributed by atoms with Gasteiger partial charge in [-0.1, -0.05) is 18.2 Å². The minimum atomic E-state index is -1.10. The van der Waals surface area contributed by atoms with E-state index in [2.05, 4.69) is 10.3 Å². The average molecular weight is 375 g/mol. The van der Waals surface area contributed by atoms with Gasteiger partial charge in [0.2, 0.25) is 0 Å². The Bertz CT molecular complexity index is 751. The van der Waals surface area contributed by atoms with Crippen LogP contribution in [0.15, 0.2) is 58.4 Å². The number of aliphatic imine (C=N–C) groups is 1. The van der Waals surface area contributed by atoms with E-state index in [0.717, 1.165) is 10.6 Å². The second-order valence-electron chi connectivity index (χ2n) is 5.28. The van der Waals surface area contributed by atoms with Crippen LogP contribution in [0.5, 0.6) is 11.5 Å². The monoisotopic (exact) mass is 375 g/mol. The number of guanidine groups is 1. The van der Waals surface area contributed by atoms with Crippen molar-refractivity contribution in [3.8, 4) is 11.5 Å². The van der Waals surface area contributed by atoms with E-state index in [1.807, 2.05) is 62.4 Å². The zero-order valence-corrected chi connectivity index (χ0v) is 15.9. The molecule has 2 aromatic carbocycles. The molecule has 3 N–H and O–H groups in total. The van der Waals surface area contributed by atoms with Gasteiger partial charge in [-0.15, -0.1) is 0 Å². The Morgan fingerprint density at radius 1 is 1.12 bits per heavy atom. The average Bonchev–Trinajstić information content (AvgIpc) is 2.65. The molecule has 26 heavy (non-hydrogen) atoms. The van der Waals surface area contributed by atoms with E-state index in [4.69, 9.17) is 15.2 Å². The molecule has 0 radical (unpaired) electrons. The van der Waals surface area contributed by atoms with Gasteiger partial charge in [0.15, 0.2) is 5.96 Å². The fraction of sp³-hybridized carbons (Fsp3) is 0.316. The first-order chi connectivity index (χ1) is 12.6. The van der Waals surface area contributed by atoms with Crippen molar-refractivity contribution in [2.75, 3.05) is 30.8 Å². The van der Waals surface area contributed by atoms with Gasteiger partial charge in [-0.2, -0.15) is 0 Å². The smallest absolute Gasteiger partial charge is 0.193 e. The number of hydrogen-bond acceptors (Lipinski definition) is 4. The van der Waals surface area contributed by atoms with Gasteiger partial charge < -0.3 is 20.5 Å². The summed E-state index contributed by atoms with van der Waals surface area (Å²) in [4.78, 5) is 5.04. The Balaban J connectivity index is 1.99. The van der Waals surface area contributed by atoms with Crippen LogP contribution < -0.4 is 20.5 Å². The number of rotatable bonds is 9. The largest absolute Gasteiger partial charge is 0.494 e. The van der Waals surface area contributed by atoms with E-state index in [0.29, 0.717) is 36.9 Å². The lowest BCUT2D eigenvalue weighted by atomic mass is 10.2. The van der Waals surface area contributed by atoms with Crippen LogP contribution in [0.2, 0.25) is 0 Å². The summed E-state index contributed by atoms with van der Waals surface area (Å²) in [5, 5.41) is 3.03. The van der Waals surface area contributed by atoms with Gasteiger partial charge in [0.05, 0.1) is 36.2 Å². The molecule has 1 atom stereocenters. The Morgan fingerprint density at radius 2 is 1.85 bits per heavy atom. The number of nitrogens with two attached hydrogens (primary N) is 1. The van der Waals surface area contributed by atoms with Crippen LogP contribution in [-0.4, -0.2) is 35.7 Å². The molecule has 6 nitrogen and oxygen atoms in total. The predicted molar refractivity (Wildman–Crippen MR) is 107 cm³/mol. The van der Waals surface area contributed by atoms with Crippen molar-refractivity contribution < 1.29 is 13.7 Å². The van der Waals surface area contributed by atoms with Crippen molar-refractivity contribution in [3.05, 3.63) is 48.5 Å². The Kier molecular flexibility index (Phi) is 7.95. The van der Waals surface area contributed by atoms with Gasteiger partial charge in [0.25, 0.3) is 0 Å². The third-order valence-corrected chi connectivity index (χ3v) is 4.74. The van der Waals surface area contributed by atoms with Crippen LogP contribution in [0.4, 0.5) is 5.69 Å². The van der Waals surface area contributed by atoms with Crippen molar-refractivity contribution in [1.29, 1.82) is 0 Å². The molecule has 0 amide bonds. The van der Waals surface area contributed by atoms with Crippen molar-refractivity contribution >= 4 is 22.4 Å². The van der Waals surface area contributed by atoms with Gasteiger partial charge in [0.1, 0.15) is 11.5 Å². The van der Waals surface area contributed by atoms with Gasteiger partial charge in [-0.3, -0.25) is 9.20 Å². The van der Waals surface area contributed by atoms with Gasteiger partial charge in [-0.25, -0.2) is 0 Å². The van der Waals surface area contributed by atoms with Crippen LogP contribution in [0.3, 0.4) is 0 Å². The number of benzene rings is 2. The zero-order valence-electron chi connectivity index (χ0n) is 15.1. The first kappa shape index (κ1) is 19.8. The maximum Gasteiger partial charge on any atom is 0.193 e. The fourth-order valence-electron chi connectivity index (χ4n) is 2.26. The highest BCUT2D eigenvalue weighted by molar-refractivity contribution is 7.85. The lowest BCUT2D eigenvalue weighted by molar-refractivity contribution is 0.332. The Hall–Kier alpha value is -2.54. The van der Waals surface area contributed by atoms with Crippen molar-refractivity contribution in [2.45, 2.75) is 18.7 Å². The summed E-state index contributed by atoms with van der Waals surface area (Å²) in [7, 11) is -1.10. The predicted octanol–water partition coefficient (Wildman–Crippen LogP) is 3.02. The van der Waals surface area contributed by atoms with Crippen molar-refractivity contribution in [3.63, 3.8) is 0 Å². The molecule has 0 heterocycles. The zero-order chi connectivity index (χ0) is 18.8. The summed E-state index contributed by atoms with van der Waals surface area (Å²) in [6.45, 7) is 5.30. The highest BCUT2D eigenvalue weighted by Crippen LogP contribution is 2.29. The lowest BCUT2D eigenvalue weighted by Crippen LogP contribution is -2.24. The SMILES string of the molecule is CCOc1ccc(OCC)c(NC(N)=NCCS(=O)c2ccccc2)c1. The van der Waals surface area contributed by atoms with E-state index in [1.54, 1.807) is 0 Å². The van der Waals surface area contributed by atoms with E-state index < -0.39 is 10.8 Å². The number of ether oxygens (including phenoxy) is 2. The quantitative estimate of drug-likeness (QED) is 0.520. The molecule has 0 fully saturated rings. The number of hydrogen-bond donors (Lipinski definition) is 2. The van der Waals surface area contributed by atoms with Crippen molar-refractivity contribution in [2.24, 2.45) is 10.7 Å². The first-order valence-corrected chi connectivity index (χ1v) is 9.86. The highest BCUT2D eigenvalue weighted by Gasteiger charge is 2.07. The molecule has 7 heteroatoms. The first-order valence-electron chi connectivity index (χ1n) is 8.54. The minimum absolute atomic E-state index is 0.240. The molecule has 0 aliphatic rings. The molecule has 0 aliphatic heterocycles. The van der Waals surface area contributed by atoms with E-state index in [1.165, 1.54) is 0 Å². The molecule has 1 unspecified atom stereocenters. The molecule has 140 valence electrons. The van der Waals surface area contributed by atoms with Crippen LogP contribution in [-0.2, 0) is 10.8 Å². The van der Waals surface area contributed by atoms with Gasteiger partial charge in [-0.05, 0) is 38.1 Å². The van der Waals surface area contributed by atoms with Gasteiger partial charge >= 0.3 is 0 Å². The van der Waals surface area contributed by atoms with Crippen LogP contribution in [0, 0.1) is 0 Å². The summed E-state index contributed by atoms with van der Waals surface area (Å²) in [5.41, 5.74) is 6.65. The normalized spacial score (nSPS) is 12.5. The van der Waals surface area contributed by atoms with Crippen molar-refractivity contribution in [1.82, 2.24) is 0 Å². The minimum Gasteiger partial charge on any atom is -0.494 e. The van der Waals surface area contributed by atoms with E-state index in [9.17, 15) is 4.21 Å². The molecule has 2 aromatic rings. The second-order valence-corrected chi connectivity index (χ2v) is 6.85.